The molecule has 1 N–H and O–H groups in total. The summed E-state index contributed by atoms with van der Waals surface area (Å²) in [7, 11) is 0. The van der Waals surface area contributed by atoms with Crippen molar-refractivity contribution in [3.8, 4) is 5.75 Å². The molecule has 0 radical (unpaired) electrons. The summed E-state index contributed by atoms with van der Waals surface area (Å²) < 4.78 is 6.43. The summed E-state index contributed by atoms with van der Waals surface area (Å²) in [6, 6.07) is 15.7. The molecule has 3 rings (SSSR count). The van der Waals surface area contributed by atoms with Gasteiger partial charge in [0.1, 0.15) is 16.7 Å². The van der Waals surface area contributed by atoms with Crippen molar-refractivity contribution in [2.24, 2.45) is 0 Å². The molecule has 2 aromatic carbocycles. The molecule has 0 aromatic heterocycles. The predicted molar refractivity (Wildman–Crippen MR) is 119 cm³/mol. The number of carbonyl (C=O) groups is 2. The number of carboxylic acid groups (broad SMARTS) is 1. The number of hydrogen-bond donors (Lipinski definition) is 1. The molecule has 1 saturated heterocycles. The Balaban J connectivity index is 1.71. The van der Waals surface area contributed by atoms with Crippen LogP contribution in [-0.2, 0) is 16.2 Å². The van der Waals surface area contributed by atoms with Crippen molar-refractivity contribution in [3.63, 3.8) is 0 Å². The molecule has 0 saturated carbocycles. The SMILES string of the molecule is Cc1ccc(COc2ccccc2/C=C2\SC(=S)N(CCCC(=O)O)C2=O)cc1. The number of para-hydroxylation sites is 1. The quantitative estimate of drug-likeness (QED) is 0.489. The number of amides is 1. The van der Waals surface area contributed by atoms with Gasteiger partial charge in [0.05, 0.1) is 4.91 Å². The molecule has 0 spiro atoms. The maximum absolute atomic E-state index is 12.7. The van der Waals surface area contributed by atoms with Crippen molar-refractivity contribution in [2.45, 2.75) is 26.4 Å². The summed E-state index contributed by atoms with van der Waals surface area (Å²) in [5, 5.41) is 8.78. The van der Waals surface area contributed by atoms with Crippen LogP contribution in [0.2, 0.25) is 0 Å². The number of nitrogens with zero attached hydrogens (tertiary/aromatic N) is 1. The summed E-state index contributed by atoms with van der Waals surface area (Å²) >= 11 is 6.52. The standard InChI is InChI=1S/C22H21NO4S2/c1-15-8-10-16(11-9-15)14-27-18-6-3-2-5-17(18)13-19-21(26)23(22(28)29-19)12-4-7-20(24)25/h2-3,5-6,8-11,13H,4,7,12,14H2,1H3,(H,24,25)/b19-13-. The van der Waals surface area contributed by atoms with Crippen molar-refractivity contribution in [3.05, 3.63) is 70.1 Å². The predicted octanol–water partition coefficient (Wildman–Crippen LogP) is 4.64. The van der Waals surface area contributed by atoms with Crippen molar-refractivity contribution in [1.82, 2.24) is 4.90 Å². The Hall–Kier alpha value is -2.64. The number of hydrogen-bond acceptors (Lipinski definition) is 5. The number of carboxylic acids is 1. The Labute approximate surface area is 179 Å². The van der Waals surface area contributed by atoms with Gasteiger partial charge in [0.25, 0.3) is 5.91 Å². The molecule has 2 aromatic rings. The van der Waals surface area contributed by atoms with Crippen molar-refractivity contribution in [2.75, 3.05) is 6.54 Å². The van der Waals surface area contributed by atoms with Gasteiger partial charge in [-0.15, -0.1) is 0 Å². The van der Waals surface area contributed by atoms with E-state index in [2.05, 4.69) is 0 Å². The van der Waals surface area contributed by atoms with Gasteiger partial charge in [-0.3, -0.25) is 14.5 Å². The fourth-order valence-electron chi connectivity index (χ4n) is 2.80. The summed E-state index contributed by atoms with van der Waals surface area (Å²) in [6.45, 7) is 2.78. The molecule has 7 heteroatoms. The van der Waals surface area contributed by atoms with Crippen molar-refractivity contribution < 1.29 is 19.4 Å². The lowest BCUT2D eigenvalue weighted by atomic mass is 10.1. The van der Waals surface area contributed by atoms with Crippen LogP contribution in [0.25, 0.3) is 6.08 Å². The zero-order chi connectivity index (χ0) is 20.8. The first-order valence-corrected chi connectivity index (χ1v) is 10.4. The first-order valence-electron chi connectivity index (χ1n) is 9.18. The van der Waals surface area contributed by atoms with Gasteiger partial charge in [-0.05, 0) is 31.1 Å². The van der Waals surface area contributed by atoms with E-state index in [0.717, 1.165) is 11.1 Å². The maximum Gasteiger partial charge on any atom is 0.303 e. The average Bonchev–Trinajstić information content (AvgIpc) is 2.95. The van der Waals surface area contributed by atoms with Gasteiger partial charge in [0.2, 0.25) is 0 Å². The van der Waals surface area contributed by atoms with Crippen LogP contribution in [0.4, 0.5) is 0 Å². The molecule has 0 bridgehead atoms. The number of carbonyl (C=O) groups excluding carboxylic acids is 1. The zero-order valence-electron chi connectivity index (χ0n) is 16.0. The topological polar surface area (TPSA) is 66.8 Å². The number of aryl methyl sites for hydroxylation is 1. The van der Waals surface area contributed by atoms with Crippen LogP contribution < -0.4 is 4.74 Å². The minimum absolute atomic E-state index is 0.00575. The number of benzene rings is 2. The third-order valence-electron chi connectivity index (χ3n) is 4.37. The van der Waals surface area contributed by atoms with E-state index in [4.69, 9.17) is 22.1 Å². The number of rotatable bonds is 8. The highest BCUT2D eigenvalue weighted by molar-refractivity contribution is 8.26. The Morgan fingerprint density at radius 2 is 1.93 bits per heavy atom. The first kappa shape index (κ1) is 21.1. The fourth-order valence-corrected chi connectivity index (χ4v) is 4.10. The van der Waals surface area contributed by atoms with E-state index in [1.807, 2.05) is 55.5 Å². The summed E-state index contributed by atoms with van der Waals surface area (Å²) in [5.41, 5.74) is 3.06. The van der Waals surface area contributed by atoms with Gasteiger partial charge in [-0.25, -0.2) is 0 Å². The average molecular weight is 428 g/mol. The largest absolute Gasteiger partial charge is 0.488 e. The second kappa shape index (κ2) is 9.71. The molecule has 5 nitrogen and oxygen atoms in total. The van der Waals surface area contributed by atoms with Crippen LogP contribution in [0.1, 0.15) is 29.5 Å². The van der Waals surface area contributed by atoms with Crippen LogP contribution in [0.5, 0.6) is 5.75 Å². The van der Waals surface area contributed by atoms with Gasteiger partial charge in [0, 0.05) is 18.5 Å². The second-order valence-electron chi connectivity index (χ2n) is 6.64. The Morgan fingerprint density at radius 3 is 2.66 bits per heavy atom. The second-order valence-corrected chi connectivity index (χ2v) is 8.32. The number of ether oxygens (including phenoxy) is 1. The Morgan fingerprint density at radius 1 is 1.21 bits per heavy atom. The molecule has 1 aliphatic heterocycles. The van der Waals surface area contributed by atoms with E-state index in [1.165, 1.54) is 22.2 Å². The molecule has 0 atom stereocenters. The molecule has 1 amide bonds. The van der Waals surface area contributed by atoms with E-state index < -0.39 is 5.97 Å². The lowest BCUT2D eigenvalue weighted by Crippen LogP contribution is -2.29. The van der Waals surface area contributed by atoms with Crippen molar-refractivity contribution >= 4 is 46.3 Å². The highest BCUT2D eigenvalue weighted by Gasteiger charge is 2.31. The summed E-state index contributed by atoms with van der Waals surface area (Å²) in [5.74, 6) is -0.395. The number of aliphatic carboxylic acids is 1. The first-order chi connectivity index (χ1) is 13.9. The highest BCUT2D eigenvalue weighted by atomic mass is 32.2. The van der Waals surface area contributed by atoms with Gasteiger partial charge in [-0.2, -0.15) is 0 Å². The zero-order valence-corrected chi connectivity index (χ0v) is 17.6. The van der Waals surface area contributed by atoms with Crippen molar-refractivity contribution in [1.29, 1.82) is 0 Å². The van der Waals surface area contributed by atoms with E-state index in [1.54, 1.807) is 6.08 Å². The molecular formula is C22H21NO4S2. The molecule has 0 aliphatic carbocycles. The molecule has 1 heterocycles. The highest BCUT2D eigenvalue weighted by Crippen LogP contribution is 2.34. The van der Waals surface area contributed by atoms with Gasteiger partial charge in [0.15, 0.2) is 0 Å². The van der Waals surface area contributed by atoms with Crippen LogP contribution in [-0.4, -0.2) is 32.7 Å². The lowest BCUT2D eigenvalue weighted by molar-refractivity contribution is -0.137. The fraction of sp³-hybridized carbons (Fsp3) is 0.227. The Bertz CT molecular complexity index is 954. The van der Waals surface area contributed by atoms with E-state index in [9.17, 15) is 9.59 Å². The van der Waals surface area contributed by atoms with Gasteiger partial charge >= 0.3 is 5.97 Å². The number of thiocarbonyl (C=S) groups is 1. The molecule has 29 heavy (non-hydrogen) atoms. The van der Waals surface area contributed by atoms with E-state index >= 15 is 0 Å². The van der Waals surface area contributed by atoms with E-state index in [-0.39, 0.29) is 12.3 Å². The third kappa shape index (κ3) is 5.68. The summed E-state index contributed by atoms with van der Waals surface area (Å²) in [4.78, 5) is 25.3. The number of thioether (sulfide) groups is 1. The lowest BCUT2D eigenvalue weighted by Gasteiger charge is -2.13. The molecule has 150 valence electrons. The normalized spacial score (nSPS) is 15.2. The Kier molecular flexibility index (Phi) is 7.06. The monoisotopic (exact) mass is 427 g/mol. The van der Waals surface area contributed by atoms with E-state index in [0.29, 0.717) is 34.5 Å². The maximum atomic E-state index is 12.7. The summed E-state index contributed by atoms with van der Waals surface area (Å²) in [6.07, 6.45) is 2.15. The van der Waals surface area contributed by atoms with Crippen LogP contribution in [0.15, 0.2) is 53.4 Å². The molecule has 1 fully saturated rings. The molecular weight excluding hydrogens is 406 g/mol. The van der Waals surface area contributed by atoms with Crippen LogP contribution in [0.3, 0.4) is 0 Å². The molecule has 1 aliphatic rings. The third-order valence-corrected chi connectivity index (χ3v) is 5.74. The smallest absolute Gasteiger partial charge is 0.303 e. The minimum Gasteiger partial charge on any atom is -0.488 e. The van der Waals surface area contributed by atoms with Gasteiger partial charge in [-0.1, -0.05) is 72.0 Å². The molecule has 0 unspecified atom stereocenters. The van der Waals surface area contributed by atoms with Gasteiger partial charge < -0.3 is 9.84 Å². The minimum atomic E-state index is -0.884. The van der Waals surface area contributed by atoms with Crippen LogP contribution in [0, 0.1) is 6.92 Å². The van der Waals surface area contributed by atoms with Crippen LogP contribution >= 0.6 is 24.0 Å².